The lowest BCUT2D eigenvalue weighted by molar-refractivity contribution is 0.245. The number of thiophene rings is 1. The van der Waals surface area contributed by atoms with Gasteiger partial charge in [-0.05, 0) is 86.5 Å². The lowest BCUT2D eigenvalue weighted by Gasteiger charge is -2.16. The minimum Gasteiger partial charge on any atom is -0.396 e. The van der Waals surface area contributed by atoms with Gasteiger partial charge in [0.05, 0.1) is 20.3 Å². The molecular formula is C26H28Cl3NOS. The minimum absolute atomic E-state index is 0.333. The number of hydrogen-bond acceptors (Lipinski definition) is 3. The van der Waals surface area contributed by atoms with E-state index in [-0.39, 0.29) is 0 Å². The van der Waals surface area contributed by atoms with Gasteiger partial charge in [-0.15, -0.1) is 11.3 Å². The summed E-state index contributed by atoms with van der Waals surface area (Å²) in [6, 6.07) is 5.80. The highest BCUT2D eigenvalue weighted by Crippen LogP contribution is 2.52. The van der Waals surface area contributed by atoms with E-state index >= 15 is 0 Å². The van der Waals surface area contributed by atoms with Crippen LogP contribution in [0, 0.1) is 24.7 Å². The third-order valence-electron chi connectivity index (χ3n) is 7.67. The van der Waals surface area contributed by atoms with Crippen LogP contribution in [0.15, 0.2) is 23.6 Å². The third-order valence-corrected chi connectivity index (χ3v) is 9.50. The van der Waals surface area contributed by atoms with E-state index in [0.29, 0.717) is 33.5 Å². The zero-order chi connectivity index (χ0) is 22.4. The lowest BCUT2D eigenvalue weighted by atomic mass is 9.91. The van der Waals surface area contributed by atoms with Crippen LogP contribution < -0.4 is 0 Å². The molecule has 5 rings (SSSR count). The molecule has 2 aromatic heterocycles. The summed E-state index contributed by atoms with van der Waals surface area (Å²) >= 11 is 21.0. The van der Waals surface area contributed by atoms with Crippen LogP contribution in [0.2, 0.25) is 15.1 Å². The van der Waals surface area contributed by atoms with Crippen LogP contribution in [-0.2, 0) is 0 Å². The molecule has 2 unspecified atom stereocenters. The molecule has 2 heterocycles. The molecule has 0 radical (unpaired) electrons. The molecule has 170 valence electrons. The fraction of sp³-hybridized carbons (Fsp3) is 0.500. The van der Waals surface area contributed by atoms with E-state index < -0.39 is 0 Å². The van der Waals surface area contributed by atoms with E-state index in [1.54, 1.807) is 23.5 Å². The SMILES string of the molecule is Cc1cc(C2CC3CCC(CCO)CCC3C2)c2scc(-c3c(Cl)cc(Cl)cc3Cl)c2n1. The van der Waals surface area contributed by atoms with Crippen LogP contribution in [0.5, 0.6) is 0 Å². The van der Waals surface area contributed by atoms with Gasteiger partial charge in [0.15, 0.2) is 0 Å². The van der Waals surface area contributed by atoms with Crippen molar-refractivity contribution >= 4 is 56.4 Å². The highest BCUT2D eigenvalue weighted by atomic mass is 35.5. The molecule has 0 bridgehead atoms. The average molecular weight is 509 g/mol. The van der Waals surface area contributed by atoms with Gasteiger partial charge < -0.3 is 5.11 Å². The van der Waals surface area contributed by atoms with Gasteiger partial charge in [0.1, 0.15) is 0 Å². The van der Waals surface area contributed by atoms with Crippen molar-refractivity contribution in [3.8, 4) is 11.1 Å². The predicted molar refractivity (Wildman–Crippen MR) is 137 cm³/mol. The Morgan fingerprint density at radius 3 is 2.28 bits per heavy atom. The molecule has 1 aromatic carbocycles. The number of aliphatic hydroxyl groups excluding tert-OH is 1. The molecule has 32 heavy (non-hydrogen) atoms. The van der Waals surface area contributed by atoms with Crippen molar-refractivity contribution in [2.24, 2.45) is 17.8 Å². The molecule has 2 fully saturated rings. The second kappa shape index (κ2) is 9.43. The Hall–Kier alpha value is -0.840. The van der Waals surface area contributed by atoms with E-state index in [2.05, 4.69) is 18.4 Å². The van der Waals surface area contributed by atoms with Gasteiger partial charge in [-0.1, -0.05) is 47.6 Å². The quantitative estimate of drug-likeness (QED) is 0.381. The van der Waals surface area contributed by atoms with Crippen LogP contribution in [0.25, 0.3) is 21.3 Å². The number of aliphatic hydroxyl groups is 1. The summed E-state index contributed by atoms with van der Waals surface area (Å²) in [6.07, 6.45) is 8.68. The summed E-state index contributed by atoms with van der Waals surface area (Å²) < 4.78 is 1.27. The van der Waals surface area contributed by atoms with Crippen molar-refractivity contribution in [2.75, 3.05) is 6.61 Å². The molecule has 3 aromatic rings. The zero-order valence-electron chi connectivity index (χ0n) is 18.2. The van der Waals surface area contributed by atoms with Gasteiger partial charge in [-0.3, -0.25) is 4.98 Å². The van der Waals surface area contributed by atoms with E-state index in [4.69, 9.17) is 39.8 Å². The first-order chi connectivity index (χ1) is 15.4. The van der Waals surface area contributed by atoms with Crippen molar-refractivity contribution in [1.82, 2.24) is 4.98 Å². The number of nitrogens with zero attached hydrogens (tertiary/aromatic N) is 1. The van der Waals surface area contributed by atoms with Gasteiger partial charge in [0.25, 0.3) is 0 Å². The van der Waals surface area contributed by atoms with Crippen molar-refractivity contribution < 1.29 is 5.11 Å². The minimum atomic E-state index is 0.333. The number of hydrogen-bond donors (Lipinski definition) is 1. The molecule has 1 N–H and O–H groups in total. The molecule has 2 aliphatic rings. The van der Waals surface area contributed by atoms with Crippen molar-refractivity contribution in [3.05, 3.63) is 49.9 Å². The number of benzene rings is 1. The van der Waals surface area contributed by atoms with Gasteiger partial charge in [-0.2, -0.15) is 0 Å². The van der Waals surface area contributed by atoms with Crippen LogP contribution in [0.4, 0.5) is 0 Å². The summed E-state index contributed by atoms with van der Waals surface area (Å²) in [4.78, 5) is 4.92. The highest BCUT2D eigenvalue weighted by Gasteiger charge is 2.38. The maximum Gasteiger partial charge on any atom is 0.0895 e. The fourth-order valence-electron chi connectivity index (χ4n) is 6.14. The maximum absolute atomic E-state index is 9.33. The van der Waals surface area contributed by atoms with Gasteiger partial charge in [-0.25, -0.2) is 0 Å². The highest BCUT2D eigenvalue weighted by molar-refractivity contribution is 7.18. The maximum atomic E-state index is 9.33. The van der Waals surface area contributed by atoms with Crippen LogP contribution >= 0.6 is 46.1 Å². The van der Waals surface area contributed by atoms with Crippen LogP contribution in [0.3, 0.4) is 0 Å². The molecule has 0 spiro atoms. The molecular weight excluding hydrogens is 481 g/mol. The predicted octanol–water partition coefficient (Wildman–Crippen LogP) is 8.91. The molecule has 6 heteroatoms. The van der Waals surface area contributed by atoms with Gasteiger partial charge in [0.2, 0.25) is 0 Å². The first-order valence-corrected chi connectivity index (χ1v) is 13.6. The summed E-state index contributed by atoms with van der Waals surface area (Å²) in [5.41, 5.74) is 5.32. The third kappa shape index (κ3) is 4.32. The zero-order valence-corrected chi connectivity index (χ0v) is 21.3. The number of rotatable bonds is 4. The standard InChI is InChI=1S/C26H28Cl3NOS/c1-14-8-20(18-9-16-4-2-15(6-7-31)3-5-17(16)10-18)26-25(30-14)21(13-32-26)24-22(28)11-19(27)12-23(24)29/h8,11-13,15-18,31H,2-7,9-10H2,1H3. The Kier molecular flexibility index (Phi) is 6.75. The second-order valence-electron chi connectivity index (χ2n) is 9.65. The van der Waals surface area contributed by atoms with E-state index in [9.17, 15) is 5.11 Å². The fourth-order valence-corrected chi connectivity index (χ4v) is 8.25. The summed E-state index contributed by atoms with van der Waals surface area (Å²) in [7, 11) is 0. The smallest absolute Gasteiger partial charge is 0.0895 e. The number of pyridine rings is 1. The van der Waals surface area contributed by atoms with E-state index in [1.165, 1.54) is 48.8 Å². The molecule has 0 amide bonds. The Balaban J connectivity index is 1.48. The van der Waals surface area contributed by atoms with Crippen molar-refractivity contribution in [1.29, 1.82) is 0 Å². The van der Waals surface area contributed by atoms with Crippen LogP contribution in [0.1, 0.15) is 62.1 Å². The average Bonchev–Trinajstić information content (AvgIpc) is 3.28. The van der Waals surface area contributed by atoms with Crippen molar-refractivity contribution in [3.63, 3.8) is 0 Å². The van der Waals surface area contributed by atoms with Gasteiger partial charge in [0, 0.05) is 33.8 Å². The Labute approximate surface area is 208 Å². The first-order valence-electron chi connectivity index (χ1n) is 11.6. The number of halogens is 3. The topological polar surface area (TPSA) is 33.1 Å². The number of fused-ring (bicyclic) bond motifs is 2. The summed E-state index contributed by atoms with van der Waals surface area (Å²) in [5, 5.41) is 13.1. The molecule has 2 saturated carbocycles. The Bertz CT molecular complexity index is 1100. The van der Waals surface area contributed by atoms with E-state index in [1.807, 2.05) is 0 Å². The summed E-state index contributed by atoms with van der Waals surface area (Å²) in [6.45, 7) is 2.42. The second-order valence-corrected chi connectivity index (χ2v) is 11.8. The van der Waals surface area contributed by atoms with Crippen LogP contribution in [-0.4, -0.2) is 16.7 Å². The normalized spacial score (nSPS) is 25.8. The molecule has 2 atom stereocenters. The Morgan fingerprint density at radius 1 is 1.00 bits per heavy atom. The van der Waals surface area contributed by atoms with Gasteiger partial charge >= 0.3 is 0 Å². The molecule has 2 aliphatic carbocycles. The Morgan fingerprint density at radius 2 is 1.66 bits per heavy atom. The first kappa shape index (κ1) is 22.9. The van der Waals surface area contributed by atoms with E-state index in [0.717, 1.165) is 40.6 Å². The number of aryl methyl sites for hydroxylation is 1. The number of aromatic nitrogens is 1. The monoisotopic (exact) mass is 507 g/mol. The molecule has 0 aliphatic heterocycles. The summed E-state index contributed by atoms with van der Waals surface area (Å²) in [5.74, 6) is 2.93. The largest absolute Gasteiger partial charge is 0.396 e. The lowest BCUT2D eigenvalue weighted by Crippen LogP contribution is -2.04. The van der Waals surface area contributed by atoms with Crippen molar-refractivity contribution in [2.45, 2.75) is 57.8 Å². The molecule has 0 saturated heterocycles. The molecule has 2 nitrogen and oxygen atoms in total.